The molecule has 1 aromatic heterocycles. The van der Waals surface area contributed by atoms with Crippen molar-refractivity contribution in [1.82, 2.24) is 15.5 Å². The Morgan fingerprint density at radius 1 is 1.38 bits per heavy atom. The van der Waals surface area contributed by atoms with Crippen molar-refractivity contribution < 1.29 is 4.79 Å². The summed E-state index contributed by atoms with van der Waals surface area (Å²) in [6.45, 7) is 6.02. The van der Waals surface area contributed by atoms with E-state index in [-0.39, 0.29) is 18.3 Å². The first-order valence-electron chi connectivity index (χ1n) is 7.18. The van der Waals surface area contributed by atoms with Gasteiger partial charge in [-0.2, -0.15) is 0 Å². The second-order valence-corrected chi connectivity index (χ2v) is 7.55. The number of carbonyl (C=O) groups is 1. The maximum atomic E-state index is 11.7. The van der Waals surface area contributed by atoms with Crippen molar-refractivity contribution >= 4 is 45.6 Å². The highest BCUT2D eigenvalue weighted by Crippen LogP contribution is 2.23. The number of rotatable bonds is 7. The first-order chi connectivity index (χ1) is 9.74. The molecule has 21 heavy (non-hydrogen) atoms. The van der Waals surface area contributed by atoms with Crippen molar-refractivity contribution in [2.75, 3.05) is 39.3 Å². The molecule has 0 spiro atoms. The van der Waals surface area contributed by atoms with E-state index in [1.54, 1.807) is 11.3 Å². The van der Waals surface area contributed by atoms with E-state index in [9.17, 15) is 4.79 Å². The zero-order valence-electron chi connectivity index (χ0n) is 12.1. The number of halogens is 2. The van der Waals surface area contributed by atoms with Gasteiger partial charge >= 0.3 is 0 Å². The molecule has 0 aliphatic carbocycles. The molecular weight excluding hydrogens is 374 g/mol. The Morgan fingerprint density at radius 2 is 2.14 bits per heavy atom. The molecule has 4 nitrogen and oxygen atoms in total. The normalized spacial score (nSPS) is 15.5. The average Bonchev–Trinajstić information content (AvgIpc) is 2.86. The molecule has 1 aliphatic heterocycles. The first kappa shape index (κ1) is 18.9. The molecule has 0 atom stereocenters. The van der Waals surface area contributed by atoms with Crippen LogP contribution in [0.4, 0.5) is 0 Å². The SMILES string of the molecule is Cl.O=C(CCCc1ccc(Br)s1)NCCN1CCNCC1. The van der Waals surface area contributed by atoms with Gasteiger partial charge in [0.25, 0.3) is 0 Å². The fourth-order valence-electron chi connectivity index (χ4n) is 2.29. The fraction of sp³-hybridized carbons (Fsp3) is 0.643. The lowest BCUT2D eigenvalue weighted by Crippen LogP contribution is -2.46. The molecule has 0 saturated carbocycles. The number of nitrogens with zero attached hydrogens (tertiary/aromatic N) is 1. The number of thiophene rings is 1. The summed E-state index contributed by atoms with van der Waals surface area (Å²) in [4.78, 5) is 15.5. The van der Waals surface area contributed by atoms with Gasteiger partial charge in [0, 0.05) is 50.6 Å². The molecular formula is C14H23BrClN3OS. The Morgan fingerprint density at radius 3 is 2.81 bits per heavy atom. The van der Waals surface area contributed by atoms with Crippen molar-refractivity contribution in [3.05, 3.63) is 20.8 Å². The van der Waals surface area contributed by atoms with Gasteiger partial charge in [-0.15, -0.1) is 23.7 Å². The summed E-state index contributed by atoms with van der Waals surface area (Å²) in [5, 5.41) is 6.34. The molecule has 2 rings (SSSR count). The Bertz CT molecular complexity index is 424. The van der Waals surface area contributed by atoms with Gasteiger partial charge in [-0.25, -0.2) is 0 Å². The number of carbonyl (C=O) groups excluding carboxylic acids is 1. The summed E-state index contributed by atoms with van der Waals surface area (Å²) in [6.07, 6.45) is 2.53. The van der Waals surface area contributed by atoms with Crippen molar-refractivity contribution in [2.24, 2.45) is 0 Å². The smallest absolute Gasteiger partial charge is 0.220 e. The first-order valence-corrected chi connectivity index (χ1v) is 8.79. The number of hydrogen-bond donors (Lipinski definition) is 2. The van der Waals surface area contributed by atoms with Gasteiger partial charge < -0.3 is 10.6 Å². The lowest BCUT2D eigenvalue weighted by atomic mass is 10.2. The fourth-order valence-corrected chi connectivity index (χ4v) is 3.81. The van der Waals surface area contributed by atoms with Gasteiger partial charge in [-0.05, 0) is 40.9 Å². The molecule has 120 valence electrons. The monoisotopic (exact) mass is 395 g/mol. The van der Waals surface area contributed by atoms with Crippen molar-refractivity contribution in [1.29, 1.82) is 0 Å². The van der Waals surface area contributed by atoms with Crippen molar-refractivity contribution in [2.45, 2.75) is 19.3 Å². The molecule has 0 unspecified atom stereocenters. The molecule has 1 aromatic rings. The van der Waals surface area contributed by atoms with Crippen LogP contribution in [0, 0.1) is 0 Å². The van der Waals surface area contributed by atoms with Crippen LogP contribution in [0.3, 0.4) is 0 Å². The van der Waals surface area contributed by atoms with Crippen LogP contribution in [0.2, 0.25) is 0 Å². The predicted octanol–water partition coefficient (Wildman–Crippen LogP) is 2.28. The maximum Gasteiger partial charge on any atom is 0.220 e. The number of aryl methyl sites for hydroxylation is 1. The van der Waals surface area contributed by atoms with Gasteiger partial charge in [0.05, 0.1) is 3.79 Å². The van der Waals surface area contributed by atoms with E-state index in [0.717, 1.165) is 55.9 Å². The molecule has 1 aliphatic rings. The molecule has 0 radical (unpaired) electrons. The standard InChI is InChI=1S/C14H22BrN3OS.ClH/c15-13-5-4-12(20-13)2-1-3-14(19)17-8-11-18-9-6-16-7-10-18;/h4-5,16H,1-3,6-11H2,(H,17,19);1H. The Labute approximate surface area is 145 Å². The van der Waals surface area contributed by atoms with Crippen LogP contribution in [0.1, 0.15) is 17.7 Å². The molecule has 2 N–H and O–H groups in total. The van der Waals surface area contributed by atoms with Gasteiger partial charge in [-0.1, -0.05) is 0 Å². The van der Waals surface area contributed by atoms with E-state index in [4.69, 9.17) is 0 Å². The van der Waals surface area contributed by atoms with Crippen molar-refractivity contribution in [3.8, 4) is 0 Å². The van der Waals surface area contributed by atoms with Crippen LogP contribution < -0.4 is 10.6 Å². The van der Waals surface area contributed by atoms with Crippen LogP contribution in [-0.2, 0) is 11.2 Å². The molecule has 1 fully saturated rings. The average molecular weight is 397 g/mol. The van der Waals surface area contributed by atoms with E-state index in [1.165, 1.54) is 4.88 Å². The quantitative estimate of drug-likeness (QED) is 0.743. The van der Waals surface area contributed by atoms with Crippen LogP contribution in [0.25, 0.3) is 0 Å². The molecule has 0 aromatic carbocycles. The maximum absolute atomic E-state index is 11.7. The summed E-state index contributed by atoms with van der Waals surface area (Å²) < 4.78 is 1.16. The highest BCUT2D eigenvalue weighted by atomic mass is 79.9. The zero-order valence-corrected chi connectivity index (χ0v) is 15.3. The Kier molecular flexibility index (Phi) is 9.51. The summed E-state index contributed by atoms with van der Waals surface area (Å²) in [5.74, 6) is 0.177. The van der Waals surface area contributed by atoms with Gasteiger partial charge in [-0.3, -0.25) is 9.69 Å². The van der Waals surface area contributed by atoms with Gasteiger partial charge in [0.2, 0.25) is 5.91 Å². The minimum atomic E-state index is 0. The lowest BCUT2D eigenvalue weighted by Gasteiger charge is -2.27. The second-order valence-electron chi connectivity index (χ2n) is 5.00. The van der Waals surface area contributed by atoms with Crippen molar-refractivity contribution in [3.63, 3.8) is 0 Å². The molecule has 1 amide bonds. The van der Waals surface area contributed by atoms with E-state index in [2.05, 4.69) is 43.6 Å². The van der Waals surface area contributed by atoms with Crippen LogP contribution >= 0.6 is 39.7 Å². The largest absolute Gasteiger partial charge is 0.355 e. The summed E-state index contributed by atoms with van der Waals surface area (Å²) >= 11 is 5.20. The summed E-state index contributed by atoms with van der Waals surface area (Å²) in [6, 6.07) is 4.19. The van der Waals surface area contributed by atoms with Crippen LogP contribution in [0.5, 0.6) is 0 Å². The third-order valence-electron chi connectivity index (χ3n) is 3.42. The number of amides is 1. The van der Waals surface area contributed by atoms with E-state index in [0.29, 0.717) is 6.42 Å². The molecule has 2 heterocycles. The van der Waals surface area contributed by atoms with Crippen LogP contribution in [-0.4, -0.2) is 50.1 Å². The van der Waals surface area contributed by atoms with Gasteiger partial charge in [0.15, 0.2) is 0 Å². The Hall–Kier alpha value is -0.140. The Balaban J connectivity index is 0.00000220. The van der Waals surface area contributed by atoms with Crippen LogP contribution in [0.15, 0.2) is 15.9 Å². The summed E-state index contributed by atoms with van der Waals surface area (Å²) in [7, 11) is 0. The van der Waals surface area contributed by atoms with E-state index < -0.39 is 0 Å². The minimum absolute atomic E-state index is 0. The molecule has 1 saturated heterocycles. The third kappa shape index (κ3) is 7.61. The topological polar surface area (TPSA) is 44.4 Å². The zero-order chi connectivity index (χ0) is 14.2. The second kappa shape index (κ2) is 10.6. The van der Waals surface area contributed by atoms with E-state index in [1.807, 2.05) is 0 Å². The van der Waals surface area contributed by atoms with Gasteiger partial charge in [0.1, 0.15) is 0 Å². The highest BCUT2D eigenvalue weighted by molar-refractivity contribution is 9.11. The number of hydrogen-bond acceptors (Lipinski definition) is 4. The minimum Gasteiger partial charge on any atom is -0.355 e. The van der Waals surface area contributed by atoms with E-state index >= 15 is 0 Å². The number of nitrogens with one attached hydrogen (secondary N) is 2. The molecule has 7 heteroatoms. The molecule has 0 bridgehead atoms. The summed E-state index contributed by atoms with van der Waals surface area (Å²) in [5.41, 5.74) is 0. The predicted molar refractivity (Wildman–Crippen MR) is 94.5 cm³/mol. The lowest BCUT2D eigenvalue weighted by molar-refractivity contribution is -0.121. The highest BCUT2D eigenvalue weighted by Gasteiger charge is 2.09. The third-order valence-corrected chi connectivity index (χ3v) is 5.10. The number of piperazine rings is 1.